The number of hydrogen-bond acceptors (Lipinski definition) is 6. The predicted octanol–water partition coefficient (Wildman–Crippen LogP) is 2.98. The van der Waals surface area contributed by atoms with Crippen LogP contribution < -0.4 is 16.4 Å². The molecule has 0 spiro atoms. The first kappa shape index (κ1) is 34.5. The molecule has 1 saturated heterocycles. The van der Waals surface area contributed by atoms with Crippen molar-refractivity contribution in [3.8, 4) is 0 Å². The van der Waals surface area contributed by atoms with Crippen LogP contribution in [0, 0.1) is 0 Å². The van der Waals surface area contributed by atoms with Crippen LogP contribution in [0.2, 0.25) is 5.02 Å². The van der Waals surface area contributed by atoms with Crippen molar-refractivity contribution in [2.24, 2.45) is 5.73 Å². The lowest BCUT2D eigenvalue weighted by Crippen LogP contribution is -2.60. The fourth-order valence-corrected chi connectivity index (χ4v) is 7.22. The van der Waals surface area contributed by atoms with Gasteiger partial charge in [0.05, 0.1) is 11.9 Å². The van der Waals surface area contributed by atoms with E-state index in [0.717, 1.165) is 28.1 Å². The number of benzene rings is 3. The molecule has 3 aromatic rings. The Morgan fingerprint density at radius 2 is 1.64 bits per heavy atom. The van der Waals surface area contributed by atoms with Gasteiger partial charge in [-0.2, -0.15) is 0 Å². The van der Waals surface area contributed by atoms with Gasteiger partial charge >= 0.3 is 7.60 Å². The topological polar surface area (TPSA) is 179 Å². The second kappa shape index (κ2) is 15.7. The van der Waals surface area contributed by atoms with E-state index in [0.29, 0.717) is 29.8 Å². The van der Waals surface area contributed by atoms with E-state index in [1.807, 2.05) is 42.5 Å². The highest BCUT2D eigenvalue weighted by molar-refractivity contribution is 8.04. The summed E-state index contributed by atoms with van der Waals surface area (Å²) in [5.74, 6) is -2.40. The summed E-state index contributed by atoms with van der Waals surface area (Å²) >= 11 is 6.76. The molecule has 1 aliphatic heterocycles. The van der Waals surface area contributed by atoms with Crippen molar-refractivity contribution in [1.29, 1.82) is 0 Å². The number of carbonyl (C=O) groups is 4. The molecule has 240 valence electrons. The lowest BCUT2D eigenvalue weighted by molar-refractivity contribution is -0.145. The van der Waals surface area contributed by atoms with Crippen LogP contribution in [0.5, 0.6) is 0 Å². The van der Waals surface area contributed by atoms with E-state index < -0.39 is 54.8 Å². The lowest BCUT2D eigenvalue weighted by Gasteiger charge is -2.37. The monoisotopic (exact) mass is 674 g/mol. The number of amides is 4. The van der Waals surface area contributed by atoms with Gasteiger partial charge in [0, 0.05) is 23.7 Å². The zero-order chi connectivity index (χ0) is 32.6. The summed E-state index contributed by atoms with van der Waals surface area (Å²) in [4.78, 5) is 72.8. The molecule has 3 aromatic carbocycles. The summed E-state index contributed by atoms with van der Waals surface area (Å²) < 4.78 is 11.5. The van der Waals surface area contributed by atoms with Gasteiger partial charge in [-0.15, -0.1) is 11.8 Å². The van der Waals surface area contributed by atoms with Gasteiger partial charge in [0.2, 0.25) is 23.6 Å². The van der Waals surface area contributed by atoms with Crippen LogP contribution in [0.3, 0.4) is 0 Å². The first-order chi connectivity index (χ1) is 21.4. The Kier molecular flexibility index (Phi) is 12.0. The molecule has 1 aliphatic rings. The molecular weight excluding hydrogens is 639 g/mol. The van der Waals surface area contributed by atoms with E-state index in [1.54, 1.807) is 24.3 Å². The fourth-order valence-electron chi connectivity index (χ4n) is 5.26. The maximum Gasteiger partial charge on any atom is 0.335 e. The standard InChI is InChI=1S/C31H36ClN4O7PS/c32-24-12-9-20(10-13-24)17-28(37)34-26(18-45-19-44(41,42)43)31(40)36-14-4-3-7-27(36)30(39)35-25(29(33)38)16-21-8-11-22-5-1-2-6-23(22)15-21/h1-2,5-6,8-13,15,25-27H,3-4,7,14,16-19H2,(H2,33,38)(H,34,37)(H,35,39)(H2,41,42,43)/t25-,26-,27-/m0/s1. The molecule has 6 N–H and O–H groups in total. The number of hydrogen-bond donors (Lipinski definition) is 5. The quantitative estimate of drug-likeness (QED) is 0.172. The van der Waals surface area contributed by atoms with Gasteiger partial charge in [-0.05, 0) is 53.3 Å². The first-order valence-corrected chi connectivity index (χ1v) is 17.8. The number of piperidine rings is 1. The summed E-state index contributed by atoms with van der Waals surface area (Å²) in [5.41, 5.74) is 6.60. The summed E-state index contributed by atoms with van der Waals surface area (Å²) in [5, 5.41) is 7.94. The number of fused-ring (bicyclic) bond motifs is 1. The molecule has 4 rings (SSSR count). The smallest absolute Gasteiger partial charge is 0.335 e. The Bertz CT molecular complexity index is 1590. The highest BCUT2D eigenvalue weighted by atomic mass is 35.5. The van der Waals surface area contributed by atoms with Gasteiger partial charge in [0.25, 0.3) is 0 Å². The highest BCUT2D eigenvalue weighted by Gasteiger charge is 2.37. The van der Waals surface area contributed by atoms with Crippen LogP contribution in [0.15, 0.2) is 66.7 Å². The normalized spacial score (nSPS) is 16.5. The third-order valence-electron chi connectivity index (χ3n) is 7.46. The molecule has 0 radical (unpaired) electrons. The van der Waals surface area contributed by atoms with Crippen LogP contribution in [-0.4, -0.2) is 74.2 Å². The average molecular weight is 675 g/mol. The maximum absolute atomic E-state index is 13.9. The number of thioether (sulfide) groups is 1. The van der Waals surface area contributed by atoms with Crippen molar-refractivity contribution in [3.05, 3.63) is 82.9 Å². The number of nitrogens with two attached hydrogens (primary N) is 1. The lowest BCUT2D eigenvalue weighted by atomic mass is 9.98. The third kappa shape index (κ3) is 10.3. The predicted molar refractivity (Wildman–Crippen MR) is 175 cm³/mol. The number of primary amides is 1. The number of likely N-dealkylation sites (tertiary alicyclic amines) is 1. The minimum absolute atomic E-state index is 0.0525. The molecule has 0 unspecified atom stereocenters. The number of halogens is 1. The third-order valence-corrected chi connectivity index (χ3v) is 10.4. The molecule has 0 bridgehead atoms. The van der Waals surface area contributed by atoms with Crippen molar-refractivity contribution < 1.29 is 33.5 Å². The summed E-state index contributed by atoms with van der Waals surface area (Å²) in [6, 6.07) is 17.0. The van der Waals surface area contributed by atoms with Gasteiger partial charge in [-0.25, -0.2) is 0 Å². The number of carbonyl (C=O) groups excluding carboxylic acids is 4. The van der Waals surface area contributed by atoms with Crippen molar-refractivity contribution in [1.82, 2.24) is 15.5 Å². The van der Waals surface area contributed by atoms with E-state index in [9.17, 15) is 33.5 Å². The second-order valence-corrected chi connectivity index (χ2v) is 14.5. The van der Waals surface area contributed by atoms with Crippen LogP contribution >= 0.6 is 31.0 Å². The Morgan fingerprint density at radius 1 is 0.956 bits per heavy atom. The Balaban J connectivity index is 1.48. The van der Waals surface area contributed by atoms with E-state index in [-0.39, 0.29) is 25.1 Å². The van der Waals surface area contributed by atoms with Crippen molar-refractivity contribution in [2.45, 2.75) is 50.2 Å². The van der Waals surface area contributed by atoms with Crippen molar-refractivity contribution in [3.63, 3.8) is 0 Å². The van der Waals surface area contributed by atoms with Gasteiger partial charge in [0.1, 0.15) is 18.1 Å². The molecule has 11 nitrogen and oxygen atoms in total. The SMILES string of the molecule is NC(=O)[C@H](Cc1ccc2ccccc2c1)NC(=O)[C@@H]1CCCCN1C(=O)[C@H](CSCP(=O)(O)O)NC(=O)Cc1ccc(Cl)cc1. The largest absolute Gasteiger partial charge is 0.368 e. The fraction of sp³-hybridized carbons (Fsp3) is 0.355. The maximum atomic E-state index is 13.9. The zero-order valence-electron chi connectivity index (χ0n) is 24.4. The Morgan fingerprint density at radius 3 is 2.33 bits per heavy atom. The first-order valence-electron chi connectivity index (χ1n) is 14.4. The molecule has 45 heavy (non-hydrogen) atoms. The van der Waals surface area contributed by atoms with E-state index in [2.05, 4.69) is 10.6 Å². The molecule has 0 aliphatic carbocycles. The van der Waals surface area contributed by atoms with Crippen LogP contribution in [0.1, 0.15) is 30.4 Å². The van der Waals surface area contributed by atoms with Crippen molar-refractivity contribution >= 4 is 65.4 Å². The molecule has 3 atom stereocenters. The number of nitrogens with zero attached hydrogens (tertiary/aromatic N) is 1. The van der Waals surface area contributed by atoms with E-state index in [4.69, 9.17) is 17.3 Å². The molecular formula is C31H36ClN4O7PS. The molecule has 1 fully saturated rings. The number of rotatable bonds is 13. The molecule has 1 heterocycles. The second-order valence-electron chi connectivity index (χ2n) is 11.0. The minimum Gasteiger partial charge on any atom is -0.368 e. The highest BCUT2D eigenvalue weighted by Crippen LogP contribution is 2.38. The summed E-state index contributed by atoms with van der Waals surface area (Å²) in [6.45, 7) is 0.232. The van der Waals surface area contributed by atoms with Gasteiger partial charge in [0.15, 0.2) is 0 Å². The molecule has 0 saturated carbocycles. The molecule has 4 amide bonds. The Labute approximate surface area is 270 Å². The van der Waals surface area contributed by atoms with Crippen molar-refractivity contribution in [2.75, 3.05) is 17.8 Å². The molecule has 0 aromatic heterocycles. The minimum atomic E-state index is -4.37. The summed E-state index contributed by atoms with van der Waals surface area (Å²) in [7, 11) is -4.37. The van der Waals surface area contributed by atoms with Gasteiger partial charge in [-0.1, -0.05) is 66.2 Å². The van der Waals surface area contributed by atoms with Crippen LogP contribution in [0.25, 0.3) is 10.8 Å². The van der Waals surface area contributed by atoms with E-state index in [1.165, 1.54) is 4.90 Å². The van der Waals surface area contributed by atoms with Gasteiger partial charge < -0.3 is 31.1 Å². The number of nitrogens with one attached hydrogen (secondary N) is 2. The van der Waals surface area contributed by atoms with Gasteiger partial charge in [-0.3, -0.25) is 23.7 Å². The van der Waals surface area contributed by atoms with E-state index >= 15 is 0 Å². The Hall–Kier alpha value is -3.41. The van der Waals surface area contributed by atoms with Crippen LogP contribution in [0.4, 0.5) is 0 Å². The average Bonchev–Trinajstić information content (AvgIpc) is 3.00. The summed E-state index contributed by atoms with van der Waals surface area (Å²) in [6.07, 6.45) is 1.72. The zero-order valence-corrected chi connectivity index (χ0v) is 26.9. The van der Waals surface area contributed by atoms with Crippen LogP contribution in [-0.2, 0) is 36.6 Å². The molecule has 14 heteroatoms.